The molecule has 8 heteroatoms. The number of carboxylic acids is 1. The minimum Gasteiger partial charge on any atom is -0.492 e. The van der Waals surface area contributed by atoms with E-state index in [0.29, 0.717) is 26.2 Å². The van der Waals surface area contributed by atoms with Gasteiger partial charge in [0.1, 0.15) is 18.0 Å². The Bertz CT molecular complexity index is 1180. The molecular weight excluding hydrogens is 458 g/mol. The van der Waals surface area contributed by atoms with Crippen molar-refractivity contribution in [2.75, 3.05) is 20.3 Å². The molecule has 0 saturated heterocycles. The van der Waals surface area contributed by atoms with Crippen LogP contribution in [0.15, 0.2) is 54.2 Å². The van der Waals surface area contributed by atoms with Gasteiger partial charge in [0.05, 0.1) is 25.0 Å². The van der Waals surface area contributed by atoms with Crippen LogP contribution < -0.4 is 10.2 Å². The molecule has 1 aliphatic carbocycles. The number of nitrogens with one attached hydrogen (secondary N) is 1. The number of hydrogen-bond acceptors (Lipinski definition) is 6. The molecule has 2 aromatic heterocycles. The second kappa shape index (κ2) is 12.6. The Morgan fingerprint density at radius 1 is 1.11 bits per heavy atom. The summed E-state index contributed by atoms with van der Waals surface area (Å²) in [5.41, 5.74) is 8.13. The minimum absolute atomic E-state index is 0.322. The summed E-state index contributed by atoms with van der Waals surface area (Å²) in [7, 11) is 1.64. The van der Waals surface area contributed by atoms with E-state index in [9.17, 15) is 9.90 Å². The maximum absolute atomic E-state index is 11.3. The van der Waals surface area contributed by atoms with Gasteiger partial charge in [-0.3, -0.25) is 10.3 Å². The van der Waals surface area contributed by atoms with Crippen molar-refractivity contribution in [3.63, 3.8) is 0 Å². The molecule has 0 bridgehead atoms. The van der Waals surface area contributed by atoms with E-state index in [1.165, 1.54) is 24.8 Å². The summed E-state index contributed by atoms with van der Waals surface area (Å²) in [6.45, 7) is 3.29. The van der Waals surface area contributed by atoms with Crippen molar-refractivity contribution in [3.05, 3.63) is 65.5 Å². The maximum Gasteiger partial charge on any atom is 0.333 e. The molecule has 1 atom stereocenters. The van der Waals surface area contributed by atoms with Crippen LogP contribution in [0.4, 0.5) is 0 Å². The molecule has 2 N–H and O–H groups in total. The number of ether oxygens (including phenoxy) is 2. The molecular formula is C28H35N3O5. The molecule has 0 spiro atoms. The van der Waals surface area contributed by atoms with Gasteiger partial charge in [0.2, 0.25) is 0 Å². The summed E-state index contributed by atoms with van der Waals surface area (Å²) in [6.07, 6.45) is 7.34. The van der Waals surface area contributed by atoms with Crippen LogP contribution in [0.5, 0.6) is 5.75 Å². The molecule has 192 valence electrons. The second-order valence-corrected chi connectivity index (χ2v) is 8.94. The molecule has 0 aliphatic heterocycles. The Kier molecular flexibility index (Phi) is 8.97. The highest BCUT2D eigenvalue weighted by atomic mass is 16.6. The largest absolute Gasteiger partial charge is 0.492 e. The molecule has 36 heavy (non-hydrogen) atoms. The van der Waals surface area contributed by atoms with E-state index in [-0.39, 0.29) is 0 Å². The molecule has 0 unspecified atom stereocenters. The third kappa shape index (κ3) is 6.44. The van der Waals surface area contributed by atoms with Crippen molar-refractivity contribution in [1.82, 2.24) is 15.0 Å². The normalized spacial score (nSPS) is 14.6. The first kappa shape index (κ1) is 25.7. The van der Waals surface area contributed by atoms with Crippen LogP contribution in [-0.4, -0.2) is 47.1 Å². The topological polar surface area (TPSA) is 94.8 Å². The van der Waals surface area contributed by atoms with E-state index in [0.717, 1.165) is 46.6 Å². The fourth-order valence-electron chi connectivity index (χ4n) is 4.63. The van der Waals surface area contributed by atoms with Crippen LogP contribution >= 0.6 is 0 Å². The lowest BCUT2D eigenvalue weighted by atomic mass is 9.92. The summed E-state index contributed by atoms with van der Waals surface area (Å²) < 4.78 is 13.4. The van der Waals surface area contributed by atoms with Crippen molar-refractivity contribution >= 4 is 22.7 Å². The van der Waals surface area contributed by atoms with Crippen LogP contribution in [0.25, 0.3) is 16.7 Å². The highest BCUT2D eigenvalue weighted by Gasteiger charge is 2.18. The van der Waals surface area contributed by atoms with Crippen molar-refractivity contribution in [1.29, 1.82) is 0 Å². The van der Waals surface area contributed by atoms with Gasteiger partial charge in [-0.05, 0) is 74.1 Å². The standard InChI is InChI=1S/C28H35N3O5/c1-3-35-25(28(32)33)19-20-9-12-23(13-10-20)36-18-17-31-16-15-22-11-14-24(29-27(22)31)26(30-34-2)21-7-5-4-6-8-21/h9-16,25,30H,3-8,17-19H2,1-2H3,(H,32,33)/t25-/m0/s1. The number of fused-ring (bicyclic) bond motifs is 1. The third-order valence-corrected chi connectivity index (χ3v) is 6.47. The Labute approximate surface area is 211 Å². The summed E-state index contributed by atoms with van der Waals surface area (Å²) in [5.74, 6) is -0.214. The number of nitrogens with zero attached hydrogens (tertiary/aromatic N) is 2. The average molecular weight is 494 g/mol. The van der Waals surface area contributed by atoms with Crippen molar-refractivity contribution in [2.45, 2.75) is 58.1 Å². The maximum atomic E-state index is 11.3. The molecule has 1 fully saturated rings. The SMILES string of the molecule is CCO[C@@H](Cc1ccc(OCCn2ccc3ccc(C(NOC)=C4CCCCC4)nc32)cc1)C(=O)O. The predicted molar refractivity (Wildman–Crippen MR) is 139 cm³/mol. The third-order valence-electron chi connectivity index (χ3n) is 6.47. The molecule has 1 aliphatic rings. The van der Waals surface area contributed by atoms with Crippen LogP contribution in [0.1, 0.15) is 50.3 Å². The van der Waals surface area contributed by atoms with E-state index >= 15 is 0 Å². The van der Waals surface area contributed by atoms with Gasteiger partial charge < -0.3 is 19.1 Å². The van der Waals surface area contributed by atoms with E-state index in [2.05, 4.69) is 22.2 Å². The summed E-state index contributed by atoms with van der Waals surface area (Å²) >= 11 is 0. The number of aromatic nitrogens is 2. The first-order chi connectivity index (χ1) is 17.6. The Hall–Kier alpha value is -3.36. The number of hydroxylamine groups is 1. The fraction of sp³-hybridized carbons (Fsp3) is 0.429. The van der Waals surface area contributed by atoms with Gasteiger partial charge >= 0.3 is 5.97 Å². The monoisotopic (exact) mass is 493 g/mol. The number of rotatable bonds is 12. The first-order valence-electron chi connectivity index (χ1n) is 12.6. The first-order valence-corrected chi connectivity index (χ1v) is 12.6. The Morgan fingerprint density at radius 3 is 2.58 bits per heavy atom. The number of aliphatic carboxylic acids is 1. The summed E-state index contributed by atoms with van der Waals surface area (Å²) in [5, 5.41) is 10.4. The van der Waals surface area contributed by atoms with E-state index in [4.69, 9.17) is 19.3 Å². The lowest BCUT2D eigenvalue weighted by Crippen LogP contribution is -2.26. The Balaban J connectivity index is 1.41. The van der Waals surface area contributed by atoms with Crippen molar-refractivity contribution in [3.8, 4) is 5.75 Å². The van der Waals surface area contributed by atoms with Gasteiger partial charge in [0, 0.05) is 24.6 Å². The smallest absolute Gasteiger partial charge is 0.333 e. The van der Waals surface area contributed by atoms with Crippen LogP contribution in [0, 0.1) is 0 Å². The fourth-order valence-corrected chi connectivity index (χ4v) is 4.63. The van der Waals surface area contributed by atoms with Gasteiger partial charge in [-0.15, -0.1) is 0 Å². The molecule has 1 saturated carbocycles. The molecule has 0 amide bonds. The van der Waals surface area contributed by atoms with Crippen LogP contribution in [0.2, 0.25) is 0 Å². The van der Waals surface area contributed by atoms with Crippen LogP contribution in [-0.2, 0) is 27.3 Å². The lowest BCUT2D eigenvalue weighted by molar-refractivity contribution is -0.149. The van der Waals surface area contributed by atoms with E-state index in [1.807, 2.05) is 36.5 Å². The van der Waals surface area contributed by atoms with Gasteiger partial charge in [-0.25, -0.2) is 9.78 Å². The second-order valence-electron chi connectivity index (χ2n) is 8.94. The van der Waals surface area contributed by atoms with E-state index in [1.54, 1.807) is 14.0 Å². The number of benzene rings is 1. The molecule has 8 nitrogen and oxygen atoms in total. The zero-order valence-electron chi connectivity index (χ0n) is 21.0. The van der Waals surface area contributed by atoms with Gasteiger partial charge in [-0.2, -0.15) is 0 Å². The van der Waals surface area contributed by atoms with Crippen molar-refractivity contribution < 1.29 is 24.2 Å². The summed E-state index contributed by atoms with van der Waals surface area (Å²) in [6, 6.07) is 13.7. The average Bonchev–Trinajstić information content (AvgIpc) is 3.30. The number of hydrogen-bond donors (Lipinski definition) is 2. The van der Waals surface area contributed by atoms with Crippen LogP contribution in [0.3, 0.4) is 0 Å². The zero-order valence-corrected chi connectivity index (χ0v) is 21.0. The number of carbonyl (C=O) groups is 1. The number of carboxylic acid groups (broad SMARTS) is 1. The number of pyridine rings is 1. The van der Waals surface area contributed by atoms with Gasteiger partial charge in [-0.1, -0.05) is 18.6 Å². The molecule has 0 radical (unpaired) electrons. The number of allylic oxidation sites excluding steroid dienone is 1. The van der Waals surface area contributed by atoms with E-state index < -0.39 is 12.1 Å². The quantitative estimate of drug-likeness (QED) is 0.344. The zero-order chi connectivity index (χ0) is 25.3. The lowest BCUT2D eigenvalue weighted by Gasteiger charge is -2.19. The van der Waals surface area contributed by atoms with Gasteiger partial charge in [0.15, 0.2) is 6.10 Å². The molecule has 2 heterocycles. The predicted octanol–water partition coefficient (Wildman–Crippen LogP) is 4.97. The summed E-state index contributed by atoms with van der Waals surface area (Å²) in [4.78, 5) is 21.6. The highest BCUT2D eigenvalue weighted by molar-refractivity contribution is 5.79. The molecule has 3 aromatic rings. The molecule has 1 aromatic carbocycles. The van der Waals surface area contributed by atoms with Gasteiger partial charge in [0.25, 0.3) is 0 Å². The highest BCUT2D eigenvalue weighted by Crippen LogP contribution is 2.29. The molecule has 4 rings (SSSR count). The Morgan fingerprint density at radius 2 is 1.89 bits per heavy atom. The van der Waals surface area contributed by atoms with Crippen molar-refractivity contribution in [2.24, 2.45) is 0 Å². The minimum atomic E-state index is -0.951.